The number of imidazole rings is 1. The minimum absolute atomic E-state index is 0.855. The number of aryl methyl sites for hydroxylation is 1. The first kappa shape index (κ1) is 11.8. The van der Waals surface area contributed by atoms with Gasteiger partial charge >= 0.3 is 0 Å². The molecule has 2 rings (SSSR count). The lowest BCUT2D eigenvalue weighted by molar-refractivity contribution is 0.681. The van der Waals surface area contributed by atoms with Crippen molar-refractivity contribution in [3.05, 3.63) is 38.5 Å². The summed E-state index contributed by atoms with van der Waals surface area (Å²) < 4.78 is 3.42. The second-order valence-corrected chi connectivity index (χ2v) is 6.17. The maximum Gasteiger partial charge on any atom is 0.106 e. The molecule has 5 heteroatoms. The van der Waals surface area contributed by atoms with Crippen LogP contribution in [0.3, 0.4) is 0 Å². The van der Waals surface area contributed by atoms with Crippen molar-refractivity contribution in [1.29, 1.82) is 0 Å². The first-order valence-electron chi connectivity index (χ1n) is 5.10. The molecule has 0 saturated heterocycles. The average Bonchev–Trinajstić information content (AvgIpc) is 2.79. The van der Waals surface area contributed by atoms with E-state index < -0.39 is 0 Å². The van der Waals surface area contributed by atoms with E-state index >= 15 is 0 Å². The molecule has 2 heterocycles. The third kappa shape index (κ3) is 2.53. The molecular formula is C11H14BrN3S. The fourth-order valence-corrected chi connectivity index (χ4v) is 3.12. The molecule has 0 unspecified atom stereocenters. The lowest BCUT2D eigenvalue weighted by atomic mass is 10.4. The highest BCUT2D eigenvalue weighted by Crippen LogP contribution is 2.23. The molecule has 16 heavy (non-hydrogen) atoms. The molecule has 0 bridgehead atoms. The third-order valence-electron chi connectivity index (χ3n) is 2.44. The van der Waals surface area contributed by atoms with Crippen molar-refractivity contribution in [2.45, 2.75) is 20.0 Å². The normalized spacial score (nSPS) is 10.9. The number of halogens is 1. The maximum atomic E-state index is 4.35. The van der Waals surface area contributed by atoms with E-state index in [0.29, 0.717) is 0 Å². The first-order chi connectivity index (χ1) is 7.70. The van der Waals surface area contributed by atoms with Gasteiger partial charge in [0.1, 0.15) is 5.82 Å². The number of rotatable bonds is 4. The minimum Gasteiger partial charge on any atom is -0.326 e. The van der Waals surface area contributed by atoms with E-state index in [2.05, 4.69) is 42.9 Å². The summed E-state index contributed by atoms with van der Waals surface area (Å²) in [6.07, 6.45) is 1.94. The molecule has 2 aromatic rings. The molecule has 0 spiro atoms. The van der Waals surface area contributed by atoms with Gasteiger partial charge in [0.15, 0.2) is 0 Å². The van der Waals surface area contributed by atoms with Crippen LogP contribution in [0.2, 0.25) is 0 Å². The van der Waals surface area contributed by atoms with Crippen molar-refractivity contribution in [2.24, 2.45) is 0 Å². The van der Waals surface area contributed by atoms with Gasteiger partial charge in [-0.2, -0.15) is 0 Å². The highest BCUT2D eigenvalue weighted by molar-refractivity contribution is 9.11. The summed E-state index contributed by atoms with van der Waals surface area (Å²) in [5.74, 6) is 1.06. The van der Waals surface area contributed by atoms with Gasteiger partial charge in [0.25, 0.3) is 0 Å². The van der Waals surface area contributed by atoms with Gasteiger partial charge < -0.3 is 9.88 Å². The van der Waals surface area contributed by atoms with Crippen molar-refractivity contribution in [2.75, 3.05) is 7.05 Å². The molecule has 0 aliphatic rings. The highest BCUT2D eigenvalue weighted by atomic mass is 79.9. The molecule has 0 atom stereocenters. The minimum atomic E-state index is 0.855. The van der Waals surface area contributed by atoms with Gasteiger partial charge in [-0.1, -0.05) is 0 Å². The van der Waals surface area contributed by atoms with Gasteiger partial charge in [-0.15, -0.1) is 11.3 Å². The van der Waals surface area contributed by atoms with Crippen LogP contribution in [0.1, 0.15) is 16.4 Å². The molecule has 0 aliphatic heterocycles. The summed E-state index contributed by atoms with van der Waals surface area (Å²) in [4.78, 5) is 5.69. The van der Waals surface area contributed by atoms with Gasteiger partial charge in [-0.25, -0.2) is 4.98 Å². The van der Waals surface area contributed by atoms with Crippen LogP contribution in [0.25, 0.3) is 0 Å². The van der Waals surface area contributed by atoms with Gasteiger partial charge in [0.05, 0.1) is 16.0 Å². The lowest BCUT2D eigenvalue weighted by Gasteiger charge is -2.08. The quantitative estimate of drug-likeness (QED) is 0.941. The van der Waals surface area contributed by atoms with Crippen molar-refractivity contribution in [3.8, 4) is 0 Å². The van der Waals surface area contributed by atoms with Crippen molar-refractivity contribution in [3.63, 3.8) is 0 Å². The summed E-state index contributed by atoms with van der Waals surface area (Å²) in [6, 6.07) is 4.24. The van der Waals surface area contributed by atoms with Gasteiger partial charge in [0, 0.05) is 17.6 Å². The van der Waals surface area contributed by atoms with Crippen LogP contribution in [0.4, 0.5) is 0 Å². The van der Waals surface area contributed by atoms with E-state index in [1.54, 1.807) is 11.3 Å². The largest absolute Gasteiger partial charge is 0.326 e. The summed E-state index contributed by atoms with van der Waals surface area (Å²) in [6.45, 7) is 3.80. The fourth-order valence-electron chi connectivity index (χ4n) is 1.65. The van der Waals surface area contributed by atoms with Crippen molar-refractivity contribution >= 4 is 27.3 Å². The zero-order chi connectivity index (χ0) is 11.5. The molecule has 0 radical (unpaired) electrons. The molecule has 0 aliphatic carbocycles. The highest BCUT2D eigenvalue weighted by Gasteiger charge is 2.07. The average molecular weight is 300 g/mol. The van der Waals surface area contributed by atoms with Gasteiger partial charge in [0.2, 0.25) is 0 Å². The molecular weight excluding hydrogens is 286 g/mol. The molecule has 3 nitrogen and oxygen atoms in total. The summed E-state index contributed by atoms with van der Waals surface area (Å²) >= 11 is 5.25. The third-order valence-corrected chi connectivity index (χ3v) is 4.05. The van der Waals surface area contributed by atoms with Crippen molar-refractivity contribution < 1.29 is 0 Å². The Hall–Kier alpha value is -0.650. The summed E-state index contributed by atoms with van der Waals surface area (Å²) in [7, 11) is 1.95. The van der Waals surface area contributed by atoms with E-state index in [-0.39, 0.29) is 0 Å². The summed E-state index contributed by atoms with van der Waals surface area (Å²) in [5.41, 5.74) is 1.23. The fraction of sp³-hybridized carbons (Fsp3) is 0.364. The number of thiophene rings is 1. The number of aromatic nitrogens is 2. The number of nitrogens with one attached hydrogen (secondary N) is 1. The molecule has 0 fully saturated rings. The molecule has 0 saturated carbocycles. The van der Waals surface area contributed by atoms with Crippen LogP contribution in [0.5, 0.6) is 0 Å². The standard InChI is InChI=1S/C11H14BrN3S/c1-8-14-6-9(5-13-2)15(8)7-10-3-4-11(12)16-10/h3-4,6,13H,5,7H2,1-2H3. The van der Waals surface area contributed by atoms with Crippen molar-refractivity contribution in [1.82, 2.24) is 14.9 Å². The zero-order valence-corrected chi connectivity index (χ0v) is 11.7. The number of hydrogen-bond acceptors (Lipinski definition) is 3. The molecule has 86 valence electrons. The Bertz CT molecular complexity index is 475. The van der Waals surface area contributed by atoms with E-state index in [1.807, 2.05) is 20.2 Å². The molecule has 0 amide bonds. The van der Waals surface area contributed by atoms with Crippen LogP contribution in [0, 0.1) is 6.92 Å². The van der Waals surface area contributed by atoms with Crippen LogP contribution in [0.15, 0.2) is 22.1 Å². The van der Waals surface area contributed by atoms with Crippen LogP contribution in [-0.2, 0) is 13.1 Å². The SMILES string of the molecule is CNCc1cnc(C)n1Cc1ccc(Br)s1. The Morgan fingerprint density at radius 2 is 2.31 bits per heavy atom. The first-order valence-corrected chi connectivity index (χ1v) is 6.71. The topological polar surface area (TPSA) is 29.9 Å². The molecule has 1 N–H and O–H groups in total. The predicted molar refractivity (Wildman–Crippen MR) is 70.8 cm³/mol. The zero-order valence-electron chi connectivity index (χ0n) is 9.33. The van der Waals surface area contributed by atoms with Crippen LogP contribution >= 0.6 is 27.3 Å². The van der Waals surface area contributed by atoms with E-state index in [9.17, 15) is 0 Å². The number of nitrogens with zero attached hydrogens (tertiary/aromatic N) is 2. The van der Waals surface area contributed by atoms with Gasteiger partial charge in [-0.3, -0.25) is 0 Å². The monoisotopic (exact) mass is 299 g/mol. The smallest absolute Gasteiger partial charge is 0.106 e. The van der Waals surface area contributed by atoms with Crippen LogP contribution < -0.4 is 5.32 Å². The Morgan fingerprint density at radius 3 is 2.94 bits per heavy atom. The van der Waals surface area contributed by atoms with E-state index in [4.69, 9.17) is 0 Å². The Kier molecular flexibility index (Phi) is 3.78. The lowest BCUT2D eigenvalue weighted by Crippen LogP contribution is -2.12. The second kappa shape index (κ2) is 5.12. The second-order valence-electron chi connectivity index (χ2n) is 3.62. The maximum absolute atomic E-state index is 4.35. The Labute approximate surface area is 108 Å². The van der Waals surface area contributed by atoms with E-state index in [1.165, 1.54) is 14.4 Å². The molecule has 0 aromatic carbocycles. The Morgan fingerprint density at radius 1 is 1.50 bits per heavy atom. The van der Waals surface area contributed by atoms with Gasteiger partial charge in [-0.05, 0) is 42.0 Å². The van der Waals surface area contributed by atoms with E-state index in [0.717, 1.165) is 18.9 Å². The molecule has 2 aromatic heterocycles. The Balaban J connectivity index is 2.22. The predicted octanol–water partition coefficient (Wildman–Crippen LogP) is 2.78. The number of hydrogen-bond donors (Lipinski definition) is 1. The van der Waals surface area contributed by atoms with Crippen LogP contribution in [-0.4, -0.2) is 16.6 Å². The summed E-state index contributed by atoms with van der Waals surface area (Å²) in [5, 5.41) is 3.16.